The van der Waals surface area contributed by atoms with Crippen LogP contribution in [0.2, 0.25) is 0 Å². The number of benzene rings is 1. The summed E-state index contributed by atoms with van der Waals surface area (Å²) in [5.74, 6) is -0.179. The maximum absolute atomic E-state index is 13.2. The minimum atomic E-state index is -0.389. The minimum Gasteiger partial charge on any atom is -0.334 e. The van der Waals surface area contributed by atoms with E-state index in [1.807, 2.05) is 31.4 Å². The largest absolute Gasteiger partial charge is 0.334 e. The molecule has 0 spiro atoms. The smallest absolute Gasteiger partial charge is 0.274 e. The van der Waals surface area contributed by atoms with Crippen molar-refractivity contribution in [3.63, 3.8) is 0 Å². The van der Waals surface area contributed by atoms with Crippen molar-refractivity contribution in [1.82, 2.24) is 30.0 Å². The zero-order valence-corrected chi connectivity index (χ0v) is 23.1. The molecule has 3 aromatic rings. The molecule has 8 nitrogen and oxygen atoms in total. The number of pyridine rings is 1. The number of amides is 2. The molecule has 2 amide bonds. The van der Waals surface area contributed by atoms with Gasteiger partial charge >= 0.3 is 0 Å². The quantitative estimate of drug-likeness (QED) is 0.406. The molecule has 1 N–H and O–H groups in total. The molecule has 0 fully saturated rings. The molecule has 0 bridgehead atoms. The number of nitrogens with zero attached hydrogens (tertiary/aromatic N) is 5. The average molecular weight is 531 g/mol. The minimum absolute atomic E-state index is 0.179. The first-order valence-corrected chi connectivity index (χ1v) is 13.0. The second kappa shape index (κ2) is 13.4. The number of aromatic nitrogens is 4. The molecule has 0 radical (unpaired) electrons. The van der Waals surface area contributed by atoms with Gasteiger partial charge in [-0.15, -0.1) is 10.2 Å². The predicted octanol–water partition coefficient (Wildman–Crippen LogP) is 5.52. The van der Waals surface area contributed by atoms with Gasteiger partial charge in [0.2, 0.25) is 0 Å². The Hall–Kier alpha value is -4.40. The molecule has 3 heterocycles. The van der Waals surface area contributed by atoms with Crippen molar-refractivity contribution in [1.29, 1.82) is 0 Å². The summed E-state index contributed by atoms with van der Waals surface area (Å²) in [6, 6.07) is 7.44. The molecule has 1 aliphatic heterocycles. The monoisotopic (exact) mass is 530 g/mol. The molecule has 39 heavy (non-hydrogen) atoms. The number of rotatable bonds is 7. The van der Waals surface area contributed by atoms with Gasteiger partial charge in [0.1, 0.15) is 17.8 Å². The third-order valence-electron chi connectivity index (χ3n) is 6.11. The molecule has 0 aliphatic carbocycles. The van der Waals surface area contributed by atoms with Gasteiger partial charge in [0.25, 0.3) is 11.8 Å². The first kappa shape index (κ1) is 29.2. The van der Waals surface area contributed by atoms with Crippen LogP contribution in [-0.2, 0) is 13.0 Å². The summed E-state index contributed by atoms with van der Waals surface area (Å²) in [6.45, 7) is 14.8. The molecule has 1 aliphatic rings. The van der Waals surface area contributed by atoms with E-state index in [9.17, 15) is 14.0 Å². The van der Waals surface area contributed by atoms with Gasteiger partial charge in [-0.05, 0) is 80.3 Å². The van der Waals surface area contributed by atoms with Crippen LogP contribution in [0.1, 0.15) is 78.5 Å². The summed E-state index contributed by atoms with van der Waals surface area (Å²) < 4.78 is 15.2. The Morgan fingerprint density at radius 3 is 2.56 bits per heavy atom. The van der Waals surface area contributed by atoms with Gasteiger partial charge in [0, 0.05) is 36.6 Å². The lowest BCUT2D eigenvalue weighted by Gasteiger charge is -2.29. The third-order valence-corrected chi connectivity index (χ3v) is 6.11. The average Bonchev–Trinajstić information content (AvgIpc) is 3.44. The van der Waals surface area contributed by atoms with Gasteiger partial charge in [-0.3, -0.25) is 14.6 Å². The van der Waals surface area contributed by atoms with Gasteiger partial charge in [-0.25, -0.2) is 4.39 Å². The van der Waals surface area contributed by atoms with Crippen LogP contribution in [0.15, 0.2) is 73.4 Å². The molecule has 0 unspecified atom stereocenters. The standard InChI is InChI=1S/C28H29FN6O2.C2H6/c1-18(2)35-17-31-33-26(35)19(3)6-5-7-20(4)32-27(36)25-14-23-16-34(13-12-22(23)15-30-25)28(37)21-8-10-24(29)11-9-21;1-2/h5-11,14-15,17-18H,4,12-13,16H2,1-3H3,(H,32,36);1-2H3/b7-5-,19-6+;. The number of allylic oxidation sites excluding steroid dienone is 4. The van der Waals surface area contributed by atoms with E-state index in [1.54, 1.807) is 35.6 Å². The lowest BCUT2D eigenvalue weighted by Crippen LogP contribution is -2.36. The highest BCUT2D eigenvalue weighted by molar-refractivity contribution is 5.95. The number of nitrogens with one attached hydrogen (secondary N) is 1. The Kier molecular flexibility index (Phi) is 10.0. The topological polar surface area (TPSA) is 93.0 Å². The summed E-state index contributed by atoms with van der Waals surface area (Å²) in [7, 11) is 0. The van der Waals surface area contributed by atoms with Gasteiger partial charge in [0.15, 0.2) is 5.82 Å². The maximum Gasteiger partial charge on any atom is 0.274 e. The highest BCUT2D eigenvalue weighted by Crippen LogP contribution is 2.21. The number of hydrogen-bond donors (Lipinski definition) is 1. The maximum atomic E-state index is 13.2. The summed E-state index contributed by atoms with van der Waals surface area (Å²) in [5.41, 5.74) is 3.85. The fourth-order valence-corrected chi connectivity index (χ4v) is 4.05. The number of halogens is 1. The molecule has 2 aromatic heterocycles. The Labute approximate surface area is 229 Å². The second-order valence-corrected chi connectivity index (χ2v) is 9.17. The van der Waals surface area contributed by atoms with Crippen molar-refractivity contribution >= 4 is 17.4 Å². The van der Waals surface area contributed by atoms with E-state index in [-0.39, 0.29) is 29.4 Å². The van der Waals surface area contributed by atoms with Crippen LogP contribution in [0.25, 0.3) is 5.57 Å². The molecule has 4 rings (SSSR count). The second-order valence-electron chi connectivity index (χ2n) is 9.17. The highest BCUT2D eigenvalue weighted by atomic mass is 19.1. The first-order chi connectivity index (χ1) is 18.7. The fourth-order valence-electron chi connectivity index (χ4n) is 4.05. The third kappa shape index (κ3) is 7.34. The zero-order valence-electron chi connectivity index (χ0n) is 23.1. The number of fused-ring (bicyclic) bond motifs is 1. The van der Waals surface area contributed by atoms with Crippen LogP contribution in [-0.4, -0.2) is 43.0 Å². The molecular formula is C30H35FN6O2. The van der Waals surface area contributed by atoms with E-state index in [4.69, 9.17) is 0 Å². The van der Waals surface area contributed by atoms with Crippen molar-refractivity contribution in [3.8, 4) is 0 Å². The highest BCUT2D eigenvalue weighted by Gasteiger charge is 2.23. The molecule has 1 aromatic carbocycles. The summed E-state index contributed by atoms with van der Waals surface area (Å²) in [6.07, 6.45) is 9.37. The van der Waals surface area contributed by atoms with E-state index < -0.39 is 0 Å². The molecule has 0 atom stereocenters. The zero-order chi connectivity index (χ0) is 28.5. The van der Waals surface area contributed by atoms with E-state index in [1.165, 1.54) is 24.3 Å². The molecule has 204 valence electrons. The van der Waals surface area contributed by atoms with Gasteiger partial charge in [0.05, 0.1) is 0 Å². The lowest BCUT2D eigenvalue weighted by atomic mass is 10.00. The summed E-state index contributed by atoms with van der Waals surface area (Å²) in [5, 5.41) is 10.9. The molecule has 9 heteroatoms. The van der Waals surface area contributed by atoms with Crippen molar-refractivity contribution in [2.45, 2.75) is 53.6 Å². The van der Waals surface area contributed by atoms with Crippen molar-refractivity contribution in [3.05, 3.63) is 107 Å². The molecule has 0 saturated carbocycles. The van der Waals surface area contributed by atoms with Crippen molar-refractivity contribution in [2.24, 2.45) is 0 Å². The van der Waals surface area contributed by atoms with Crippen LogP contribution in [0.5, 0.6) is 0 Å². The Balaban J connectivity index is 0.00000205. The van der Waals surface area contributed by atoms with Crippen LogP contribution in [0.3, 0.4) is 0 Å². The van der Waals surface area contributed by atoms with E-state index in [0.717, 1.165) is 22.5 Å². The van der Waals surface area contributed by atoms with Crippen LogP contribution in [0.4, 0.5) is 4.39 Å². The Bertz CT molecular complexity index is 1390. The lowest BCUT2D eigenvalue weighted by molar-refractivity contribution is 0.0734. The molecular weight excluding hydrogens is 495 g/mol. The Morgan fingerprint density at radius 1 is 1.15 bits per heavy atom. The van der Waals surface area contributed by atoms with Gasteiger partial charge < -0.3 is 14.8 Å². The first-order valence-electron chi connectivity index (χ1n) is 13.0. The van der Waals surface area contributed by atoms with E-state index in [0.29, 0.717) is 30.8 Å². The van der Waals surface area contributed by atoms with Crippen LogP contribution in [0, 0.1) is 5.82 Å². The van der Waals surface area contributed by atoms with E-state index in [2.05, 4.69) is 40.9 Å². The van der Waals surface area contributed by atoms with Crippen LogP contribution >= 0.6 is 0 Å². The Morgan fingerprint density at radius 2 is 1.87 bits per heavy atom. The van der Waals surface area contributed by atoms with Crippen molar-refractivity contribution in [2.75, 3.05) is 6.54 Å². The van der Waals surface area contributed by atoms with Gasteiger partial charge in [-0.1, -0.05) is 32.6 Å². The number of hydrogen-bond acceptors (Lipinski definition) is 5. The van der Waals surface area contributed by atoms with Crippen LogP contribution < -0.4 is 5.32 Å². The summed E-state index contributed by atoms with van der Waals surface area (Å²) in [4.78, 5) is 31.6. The number of carbonyl (C=O) groups excluding carboxylic acids is 2. The fraction of sp³-hybridized carbons (Fsp3) is 0.300. The summed E-state index contributed by atoms with van der Waals surface area (Å²) >= 11 is 0. The predicted molar refractivity (Wildman–Crippen MR) is 150 cm³/mol. The van der Waals surface area contributed by atoms with Gasteiger partial charge in [-0.2, -0.15) is 0 Å². The van der Waals surface area contributed by atoms with Crippen molar-refractivity contribution < 1.29 is 14.0 Å². The number of carbonyl (C=O) groups is 2. The van der Waals surface area contributed by atoms with E-state index >= 15 is 0 Å². The normalized spacial score (nSPS) is 13.1. The SMILES string of the molecule is C=C(/C=C\C=C(/C)c1nncn1C(C)C)NC(=O)c1cc2c(cn1)CCN(C(=O)c1ccc(F)cc1)C2.CC. The molecule has 0 saturated heterocycles.